The number of methoxy groups -OCH3 is 1. The van der Waals surface area contributed by atoms with Crippen molar-refractivity contribution in [2.45, 2.75) is 69.7 Å². The number of rotatable bonds is 6. The summed E-state index contributed by atoms with van der Waals surface area (Å²) in [5.74, 6) is 2.41. The molecule has 222 valence electrons. The second kappa shape index (κ2) is 11.7. The predicted molar refractivity (Wildman–Crippen MR) is 164 cm³/mol. The summed E-state index contributed by atoms with van der Waals surface area (Å²) in [7, 11) is 1.29. The summed E-state index contributed by atoms with van der Waals surface area (Å²) in [6, 6.07) is 15.4. The van der Waals surface area contributed by atoms with Gasteiger partial charge in [-0.05, 0) is 67.2 Å². The van der Waals surface area contributed by atoms with Crippen LogP contribution in [0.5, 0.6) is 0 Å². The molecule has 43 heavy (non-hydrogen) atoms. The van der Waals surface area contributed by atoms with E-state index >= 15 is 0 Å². The van der Waals surface area contributed by atoms with Gasteiger partial charge in [0.25, 0.3) is 0 Å². The topological polar surface area (TPSA) is 116 Å². The van der Waals surface area contributed by atoms with Crippen molar-refractivity contribution in [1.29, 1.82) is 0 Å². The van der Waals surface area contributed by atoms with Crippen LogP contribution in [0.2, 0.25) is 0 Å². The molecule has 2 aromatic heterocycles. The number of likely N-dealkylation sites (tertiary alicyclic amines) is 1. The second-order valence-corrected chi connectivity index (χ2v) is 12.0. The van der Waals surface area contributed by atoms with Gasteiger partial charge in [0.2, 0.25) is 5.91 Å². The van der Waals surface area contributed by atoms with E-state index in [1.165, 1.54) is 55.0 Å². The Kier molecular flexibility index (Phi) is 7.47. The molecule has 0 radical (unpaired) electrons. The zero-order valence-electron chi connectivity index (χ0n) is 24.6. The predicted octanol–water partition coefficient (Wildman–Crippen LogP) is 6.30. The summed E-state index contributed by atoms with van der Waals surface area (Å²) in [5, 5.41) is 2.51. The van der Waals surface area contributed by atoms with Gasteiger partial charge in [-0.3, -0.25) is 4.79 Å². The number of nitrogens with zero attached hydrogens (tertiary/aromatic N) is 3. The summed E-state index contributed by atoms with van der Waals surface area (Å²) in [4.78, 5) is 43.1. The molecule has 1 saturated heterocycles. The minimum Gasteiger partial charge on any atom is -0.453 e. The zero-order chi connectivity index (χ0) is 29.3. The van der Waals surface area contributed by atoms with Gasteiger partial charge >= 0.3 is 6.09 Å². The van der Waals surface area contributed by atoms with Crippen molar-refractivity contribution >= 4 is 12.0 Å². The Balaban J connectivity index is 1.10. The maximum atomic E-state index is 12.9. The molecule has 7 rings (SSSR count). The highest BCUT2D eigenvalue weighted by Crippen LogP contribution is 2.38. The van der Waals surface area contributed by atoms with E-state index in [2.05, 4.69) is 67.5 Å². The highest BCUT2D eigenvalue weighted by Gasteiger charge is 2.33. The van der Waals surface area contributed by atoms with Crippen LogP contribution in [-0.4, -0.2) is 57.0 Å². The number of carbonyl (C=O) groups excluding carboxylic acids is 2. The summed E-state index contributed by atoms with van der Waals surface area (Å²) >= 11 is 0. The van der Waals surface area contributed by atoms with Gasteiger partial charge in [0.15, 0.2) is 0 Å². The molecule has 0 bridgehead atoms. The Labute approximate surface area is 251 Å². The number of carbonyl (C=O) groups is 2. The van der Waals surface area contributed by atoms with Gasteiger partial charge in [-0.2, -0.15) is 0 Å². The van der Waals surface area contributed by atoms with Crippen LogP contribution in [0, 0.1) is 0 Å². The molecule has 2 aromatic carbocycles. The van der Waals surface area contributed by atoms with Crippen molar-refractivity contribution in [2.75, 3.05) is 20.2 Å². The van der Waals surface area contributed by atoms with E-state index in [0.29, 0.717) is 12.5 Å². The number of hydrogen-bond donors (Lipinski definition) is 3. The van der Waals surface area contributed by atoms with E-state index in [1.807, 2.05) is 11.1 Å². The molecule has 0 spiro atoms. The number of aryl methyl sites for hydroxylation is 2. The lowest BCUT2D eigenvalue weighted by atomic mass is 9.95. The van der Waals surface area contributed by atoms with Gasteiger partial charge in [0.05, 0.1) is 36.4 Å². The lowest BCUT2D eigenvalue weighted by Gasteiger charge is -2.23. The molecule has 3 aliphatic rings. The third-order valence-electron chi connectivity index (χ3n) is 9.36. The van der Waals surface area contributed by atoms with Crippen LogP contribution in [0.4, 0.5) is 4.79 Å². The Bertz CT molecular complexity index is 1630. The lowest BCUT2D eigenvalue weighted by molar-refractivity contribution is -0.131. The van der Waals surface area contributed by atoms with Crippen LogP contribution < -0.4 is 5.32 Å². The number of aromatic amines is 2. The molecule has 2 aliphatic carbocycles. The smallest absolute Gasteiger partial charge is 0.407 e. The largest absolute Gasteiger partial charge is 0.453 e. The average molecular weight is 579 g/mol. The molecule has 3 N–H and O–H groups in total. The molecule has 2 amide bonds. The number of hydrogen-bond acceptors (Lipinski definition) is 5. The van der Waals surface area contributed by atoms with E-state index in [9.17, 15) is 9.59 Å². The van der Waals surface area contributed by atoms with Crippen LogP contribution in [0.25, 0.3) is 33.6 Å². The summed E-state index contributed by atoms with van der Waals surface area (Å²) in [6.07, 6.45) is 11.1. The molecule has 2 fully saturated rings. The third-order valence-corrected chi connectivity index (χ3v) is 9.36. The molecule has 1 aliphatic heterocycles. The van der Waals surface area contributed by atoms with Crippen molar-refractivity contribution in [3.8, 4) is 33.6 Å². The van der Waals surface area contributed by atoms with Gasteiger partial charge < -0.3 is 24.9 Å². The van der Waals surface area contributed by atoms with E-state index < -0.39 is 6.09 Å². The summed E-state index contributed by atoms with van der Waals surface area (Å²) in [6.45, 7) is 0.568. The van der Waals surface area contributed by atoms with Crippen LogP contribution in [0.1, 0.15) is 79.8 Å². The number of ether oxygens (including phenoxy) is 1. The maximum absolute atomic E-state index is 12.9. The van der Waals surface area contributed by atoms with E-state index in [0.717, 1.165) is 66.4 Å². The van der Waals surface area contributed by atoms with Crippen molar-refractivity contribution < 1.29 is 14.3 Å². The zero-order valence-corrected chi connectivity index (χ0v) is 24.6. The number of benzene rings is 2. The standard InChI is InChI=1S/C34H38N6O3/c1-43-34(42)36-20-30(41)40-17-5-10-29(40)33-37-27-9-4-8-25-18-24(15-16-26(25)31(27)39-33)21-11-13-22(14-12-21)28-19-35-32(38-28)23-6-2-3-7-23/h11-16,18-19,23,29H,2-10,17,20H2,1H3,(H,35,38)(H,36,42)(H,37,39)/t29-/m0/s1. The van der Waals surface area contributed by atoms with E-state index in [4.69, 9.17) is 4.98 Å². The van der Waals surface area contributed by atoms with Gasteiger partial charge in [0, 0.05) is 18.0 Å². The third kappa shape index (κ3) is 5.44. The van der Waals surface area contributed by atoms with Crippen molar-refractivity contribution in [1.82, 2.24) is 30.2 Å². The first-order chi connectivity index (χ1) is 21.1. The van der Waals surface area contributed by atoms with Crippen LogP contribution in [0.15, 0.2) is 48.7 Å². The van der Waals surface area contributed by atoms with Crippen molar-refractivity contribution in [3.05, 3.63) is 71.6 Å². The Morgan fingerprint density at radius 3 is 2.53 bits per heavy atom. The molecule has 1 saturated carbocycles. The highest BCUT2D eigenvalue weighted by molar-refractivity contribution is 5.83. The van der Waals surface area contributed by atoms with Crippen molar-refractivity contribution in [3.63, 3.8) is 0 Å². The summed E-state index contributed by atoms with van der Waals surface area (Å²) < 4.78 is 4.61. The molecular formula is C34H38N6O3. The van der Waals surface area contributed by atoms with E-state index in [-0.39, 0.29) is 18.5 Å². The SMILES string of the molecule is COC(=O)NCC(=O)N1CCC[C@H]1c1nc2c([nH]1)-c1ccc(-c3ccc(-c4cnc(C5CCCC5)[nH]4)cc3)cc1CCC2. The maximum Gasteiger partial charge on any atom is 0.407 e. The van der Waals surface area contributed by atoms with Crippen LogP contribution in [0.3, 0.4) is 0 Å². The number of amides is 2. The number of alkyl carbamates (subject to hydrolysis) is 1. The number of fused-ring (bicyclic) bond motifs is 3. The minimum absolute atomic E-state index is 0.0838. The molecular weight excluding hydrogens is 540 g/mol. The Hall–Kier alpha value is -4.40. The van der Waals surface area contributed by atoms with Gasteiger partial charge in [-0.15, -0.1) is 0 Å². The quantitative estimate of drug-likeness (QED) is 0.248. The average Bonchev–Trinajstić information content (AvgIpc) is 3.86. The Morgan fingerprint density at radius 2 is 1.72 bits per heavy atom. The number of nitrogens with one attached hydrogen (secondary N) is 3. The second-order valence-electron chi connectivity index (χ2n) is 12.0. The van der Waals surface area contributed by atoms with Gasteiger partial charge in [-0.1, -0.05) is 55.3 Å². The normalized spacial score (nSPS) is 18.3. The fraction of sp³-hybridized carbons (Fsp3) is 0.412. The van der Waals surface area contributed by atoms with Crippen LogP contribution in [-0.2, 0) is 22.4 Å². The Morgan fingerprint density at radius 1 is 0.930 bits per heavy atom. The summed E-state index contributed by atoms with van der Waals surface area (Å²) in [5.41, 5.74) is 9.26. The number of aromatic nitrogens is 4. The molecule has 3 heterocycles. The van der Waals surface area contributed by atoms with Crippen LogP contribution >= 0.6 is 0 Å². The first-order valence-corrected chi connectivity index (χ1v) is 15.6. The van der Waals surface area contributed by atoms with Crippen molar-refractivity contribution in [2.24, 2.45) is 0 Å². The molecule has 9 heteroatoms. The highest BCUT2D eigenvalue weighted by atomic mass is 16.5. The molecule has 9 nitrogen and oxygen atoms in total. The lowest BCUT2D eigenvalue weighted by Crippen LogP contribution is -2.40. The molecule has 4 aromatic rings. The molecule has 1 atom stereocenters. The minimum atomic E-state index is -0.605. The first kappa shape index (κ1) is 27.4. The number of H-pyrrole nitrogens is 2. The van der Waals surface area contributed by atoms with Gasteiger partial charge in [-0.25, -0.2) is 14.8 Å². The monoisotopic (exact) mass is 578 g/mol. The fourth-order valence-electron chi connectivity index (χ4n) is 7.06. The number of imidazole rings is 2. The molecule has 0 unspecified atom stereocenters. The van der Waals surface area contributed by atoms with Gasteiger partial charge in [0.1, 0.15) is 18.2 Å². The first-order valence-electron chi connectivity index (χ1n) is 15.6. The van der Waals surface area contributed by atoms with E-state index in [1.54, 1.807) is 0 Å². The fourth-order valence-corrected chi connectivity index (χ4v) is 7.06.